The van der Waals surface area contributed by atoms with Crippen molar-refractivity contribution in [3.05, 3.63) is 60.7 Å². The van der Waals surface area contributed by atoms with Gasteiger partial charge in [-0.25, -0.2) is 0 Å². The van der Waals surface area contributed by atoms with Gasteiger partial charge in [-0.15, -0.1) is 12.4 Å². The van der Waals surface area contributed by atoms with Gasteiger partial charge in [-0.1, -0.05) is 36.4 Å². The average molecular weight is 264 g/mol. The standard InChI is InChI=1S/C15H17NO.ClH/c17-13-7-12-16(14-8-3-1-4-9-14)15-10-5-2-6-11-15;/h1-6,8-11,17H,7,12-13H2;1H. The van der Waals surface area contributed by atoms with E-state index >= 15 is 0 Å². The molecule has 2 rings (SSSR count). The number of nitrogens with zero attached hydrogens (tertiary/aromatic N) is 1. The molecule has 18 heavy (non-hydrogen) atoms. The molecule has 2 aromatic carbocycles. The Balaban J connectivity index is 0.00000162. The maximum absolute atomic E-state index is 8.98. The number of aliphatic hydroxyl groups excluding tert-OH is 1. The minimum atomic E-state index is 0. The molecule has 0 unspecified atom stereocenters. The third kappa shape index (κ3) is 3.76. The van der Waals surface area contributed by atoms with E-state index in [1.54, 1.807) is 0 Å². The minimum Gasteiger partial charge on any atom is -0.396 e. The Hall–Kier alpha value is -1.51. The summed E-state index contributed by atoms with van der Waals surface area (Å²) in [6.07, 6.45) is 0.768. The first-order chi connectivity index (χ1) is 8.42. The van der Waals surface area contributed by atoms with Crippen molar-refractivity contribution in [2.45, 2.75) is 6.42 Å². The molecule has 0 aromatic heterocycles. The van der Waals surface area contributed by atoms with Crippen LogP contribution in [-0.2, 0) is 0 Å². The van der Waals surface area contributed by atoms with Crippen LogP contribution in [0, 0.1) is 0 Å². The second-order valence-corrected chi connectivity index (χ2v) is 3.90. The molecule has 0 fully saturated rings. The van der Waals surface area contributed by atoms with Crippen molar-refractivity contribution in [1.29, 1.82) is 0 Å². The van der Waals surface area contributed by atoms with Gasteiger partial charge in [-0.3, -0.25) is 0 Å². The smallest absolute Gasteiger partial charge is 0.0448 e. The summed E-state index contributed by atoms with van der Waals surface area (Å²) in [6, 6.07) is 20.5. The largest absolute Gasteiger partial charge is 0.396 e. The maximum Gasteiger partial charge on any atom is 0.0448 e. The van der Waals surface area contributed by atoms with E-state index < -0.39 is 0 Å². The van der Waals surface area contributed by atoms with Crippen molar-refractivity contribution in [3.63, 3.8) is 0 Å². The zero-order chi connectivity index (χ0) is 11.9. The van der Waals surface area contributed by atoms with Gasteiger partial charge in [0.05, 0.1) is 0 Å². The summed E-state index contributed by atoms with van der Waals surface area (Å²) in [4.78, 5) is 2.22. The lowest BCUT2D eigenvalue weighted by atomic mass is 10.2. The molecule has 2 aromatic rings. The van der Waals surface area contributed by atoms with Crippen molar-refractivity contribution in [2.75, 3.05) is 18.1 Å². The van der Waals surface area contributed by atoms with E-state index in [9.17, 15) is 0 Å². The topological polar surface area (TPSA) is 23.5 Å². The van der Waals surface area contributed by atoms with E-state index in [1.165, 1.54) is 0 Å². The fraction of sp³-hybridized carbons (Fsp3) is 0.200. The second-order valence-electron chi connectivity index (χ2n) is 3.90. The molecule has 0 aliphatic carbocycles. The molecule has 0 heterocycles. The van der Waals surface area contributed by atoms with Crippen LogP contribution in [0.1, 0.15) is 6.42 Å². The average Bonchev–Trinajstić information content (AvgIpc) is 2.42. The molecule has 0 bridgehead atoms. The van der Waals surface area contributed by atoms with Gasteiger partial charge >= 0.3 is 0 Å². The third-order valence-corrected chi connectivity index (χ3v) is 2.68. The normalized spacial score (nSPS) is 9.61. The van der Waals surface area contributed by atoms with E-state index in [2.05, 4.69) is 29.2 Å². The summed E-state index contributed by atoms with van der Waals surface area (Å²) in [7, 11) is 0. The summed E-state index contributed by atoms with van der Waals surface area (Å²) in [5.41, 5.74) is 2.32. The Morgan fingerprint density at radius 2 is 1.22 bits per heavy atom. The highest BCUT2D eigenvalue weighted by molar-refractivity contribution is 5.85. The third-order valence-electron chi connectivity index (χ3n) is 2.68. The van der Waals surface area contributed by atoms with Crippen LogP contribution in [0.2, 0.25) is 0 Å². The first-order valence-corrected chi connectivity index (χ1v) is 5.90. The zero-order valence-electron chi connectivity index (χ0n) is 10.2. The molecule has 0 amide bonds. The number of benzene rings is 2. The quantitative estimate of drug-likeness (QED) is 0.891. The predicted molar refractivity (Wildman–Crippen MR) is 78.8 cm³/mol. The molecule has 2 nitrogen and oxygen atoms in total. The van der Waals surface area contributed by atoms with E-state index in [0.29, 0.717) is 0 Å². The van der Waals surface area contributed by atoms with Crippen LogP contribution in [0.15, 0.2) is 60.7 Å². The minimum absolute atomic E-state index is 0. The Morgan fingerprint density at radius 1 is 0.778 bits per heavy atom. The molecule has 0 radical (unpaired) electrons. The number of halogens is 1. The highest BCUT2D eigenvalue weighted by atomic mass is 35.5. The summed E-state index contributed by atoms with van der Waals surface area (Å²) in [5, 5.41) is 8.98. The number of hydrogen-bond acceptors (Lipinski definition) is 2. The van der Waals surface area contributed by atoms with E-state index in [-0.39, 0.29) is 19.0 Å². The molecule has 0 aliphatic rings. The molecule has 0 spiro atoms. The SMILES string of the molecule is Cl.OCCCN(c1ccccc1)c1ccccc1. The van der Waals surface area contributed by atoms with Crippen molar-refractivity contribution in [2.24, 2.45) is 0 Å². The number of aliphatic hydroxyl groups is 1. The highest BCUT2D eigenvalue weighted by Gasteiger charge is 2.07. The molecule has 1 N–H and O–H groups in total. The fourth-order valence-electron chi connectivity index (χ4n) is 1.85. The summed E-state index contributed by atoms with van der Waals surface area (Å²) < 4.78 is 0. The first kappa shape index (κ1) is 14.6. The van der Waals surface area contributed by atoms with Crippen LogP contribution in [0.4, 0.5) is 11.4 Å². The van der Waals surface area contributed by atoms with Crippen molar-refractivity contribution >= 4 is 23.8 Å². The molecule has 0 aliphatic heterocycles. The summed E-state index contributed by atoms with van der Waals surface area (Å²) >= 11 is 0. The first-order valence-electron chi connectivity index (χ1n) is 5.90. The number of para-hydroxylation sites is 2. The maximum atomic E-state index is 8.98. The molecule has 0 saturated heterocycles. The van der Waals surface area contributed by atoms with Gasteiger partial charge < -0.3 is 10.0 Å². The van der Waals surface area contributed by atoms with Crippen molar-refractivity contribution in [1.82, 2.24) is 0 Å². The Bertz CT molecular complexity index is 393. The highest BCUT2D eigenvalue weighted by Crippen LogP contribution is 2.24. The van der Waals surface area contributed by atoms with Crippen LogP contribution in [0.25, 0.3) is 0 Å². The molecule has 0 saturated carbocycles. The van der Waals surface area contributed by atoms with Gasteiger partial charge in [0.25, 0.3) is 0 Å². The van der Waals surface area contributed by atoms with Gasteiger partial charge in [0.1, 0.15) is 0 Å². The Labute approximate surface area is 114 Å². The van der Waals surface area contributed by atoms with Crippen LogP contribution in [0.5, 0.6) is 0 Å². The van der Waals surface area contributed by atoms with Gasteiger partial charge in [0.2, 0.25) is 0 Å². The van der Waals surface area contributed by atoms with E-state index in [0.717, 1.165) is 24.3 Å². The molecule has 0 atom stereocenters. The molecule has 96 valence electrons. The second kappa shape index (κ2) is 7.75. The monoisotopic (exact) mass is 263 g/mol. The molecular weight excluding hydrogens is 246 g/mol. The summed E-state index contributed by atoms with van der Waals surface area (Å²) in [6.45, 7) is 1.04. The number of hydrogen-bond donors (Lipinski definition) is 1. The van der Waals surface area contributed by atoms with Crippen LogP contribution >= 0.6 is 12.4 Å². The van der Waals surface area contributed by atoms with Crippen molar-refractivity contribution < 1.29 is 5.11 Å². The zero-order valence-corrected chi connectivity index (χ0v) is 11.0. The number of rotatable bonds is 5. The lowest BCUT2D eigenvalue weighted by Crippen LogP contribution is -2.19. The van der Waals surface area contributed by atoms with Gasteiger partial charge in [0.15, 0.2) is 0 Å². The van der Waals surface area contributed by atoms with Gasteiger partial charge in [-0.2, -0.15) is 0 Å². The molecular formula is C15H18ClNO. The lowest BCUT2D eigenvalue weighted by molar-refractivity contribution is 0.291. The number of anilines is 2. The van der Waals surface area contributed by atoms with Crippen molar-refractivity contribution in [3.8, 4) is 0 Å². The summed E-state index contributed by atoms with van der Waals surface area (Å²) in [5.74, 6) is 0. The van der Waals surface area contributed by atoms with Crippen LogP contribution < -0.4 is 4.90 Å². The van der Waals surface area contributed by atoms with Gasteiger partial charge in [0, 0.05) is 24.5 Å². The fourth-order valence-corrected chi connectivity index (χ4v) is 1.85. The predicted octanol–water partition coefficient (Wildman–Crippen LogP) is 3.63. The van der Waals surface area contributed by atoms with Gasteiger partial charge in [-0.05, 0) is 30.7 Å². The van der Waals surface area contributed by atoms with Crippen LogP contribution in [-0.4, -0.2) is 18.3 Å². The Kier molecular flexibility index (Phi) is 6.26. The van der Waals surface area contributed by atoms with E-state index in [1.807, 2.05) is 36.4 Å². The Morgan fingerprint density at radius 3 is 1.61 bits per heavy atom. The van der Waals surface area contributed by atoms with E-state index in [4.69, 9.17) is 5.11 Å². The molecule has 3 heteroatoms. The van der Waals surface area contributed by atoms with Crippen LogP contribution in [0.3, 0.4) is 0 Å². The lowest BCUT2D eigenvalue weighted by Gasteiger charge is -2.24.